The third kappa shape index (κ3) is 4.40. The van der Waals surface area contributed by atoms with Gasteiger partial charge in [-0.1, -0.05) is 36.8 Å². The summed E-state index contributed by atoms with van der Waals surface area (Å²) in [4.78, 5) is 19.9. The van der Waals surface area contributed by atoms with Gasteiger partial charge in [-0.15, -0.1) is 0 Å². The number of nitrogens with one attached hydrogen (secondary N) is 1. The van der Waals surface area contributed by atoms with Crippen molar-refractivity contribution in [3.05, 3.63) is 71.9 Å². The summed E-state index contributed by atoms with van der Waals surface area (Å²) in [7, 11) is 1.68. The molecule has 5 nitrogen and oxygen atoms in total. The average Bonchev–Trinajstić information content (AvgIpc) is 2.80. The number of piperidine rings is 1. The number of likely N-dealkylation sites (tertiary alicyclic amines) is 1. The highest BCUT2D eigenvalue weighted by molar-refractivity contribution is 6.05. The van der Waals surface area contributed by atoms with Crippen molar-refractivity contribution in [1.82, 2.24) is 15.2 Å². The number of hydrogen-bond acceptors (Lipinski definition) is 4. The van der Waals surface area contributed by atoms with Gasteiger partial charge >= 0.3 is 0 Å². The highest BCUT2D eigenvalue weighted by Gasteiger charge is 2.23. The number of fused-ring (bicyclic) bond motifs is 1. The molecule has 0 aliphatic carbocycles. The molecule has 0 saturated carbocycles. The lowest BCUT2D eigenvalue weighted by Crippen LogP contribution is -2.40. The van der Waals surface area contributed by atoms with Crippen molar-refractivity contribution in [2.75, 3.05) is 26.7 Å². The Kier molecular flexibility index (Phi) is 6.06. The molecule has 1 amide bonds. The lowest BCUT2D eigenvalue weighted by Gasteiger charge is -2.35. The van der Waals surface area contributed by atoms with Crippen molar-refractivity contribution in [1.29, 1.82) is 0 Å². The van der Waals surface area contributed by atoms with Crippen LogP contribution in [0.1, 0.15) is 41.2 Å². The number of rotatable bonds is 6. The van der Waals surface area contributed by atoms with Crippen LogP contribution in [-0.2, 0) is 0 Å². The zero-order valence-corrected chi connectivity index (χ0v) is 16.8. The van der Waals surface area contributed by atoms with Crippen molar-refractivity contribution < 1.29 is 9.53 Å². The van der Waals surface area contributed by atoms with Crippen LogP contribution < -0.4 is 10.1 Å². The molecule has 4 rings (SSSR count). The third-order valence-corrected chi connectivity index (χ3v) is 5.67. The molecule has 0 unspecified atom stereocenters. The van der Waals surface area contributed by atoms with Gasteiger partial charge < -0.3 is 10.1 Å². The van der Waals surface area contributed by atoms with Crippen molar-refractivity contribution in [3.8, 4) is 5.75 Å². The molecule has 1 fully saturated rings. The zero-order valence-electron chi connectivity index (χ0n) is 16.8. The van der Waals surface area contributed by atoms with Gasteiger partial charge in [-0.05, 0) is 55.8 Å². The second-order valence-corrected chi connectivity index (χ2v) is 7.48. The Morgan fingerprint density at radius 1 is 1.07 bits per heavy atom. The van der Waals surface area contributed by atoms with E-state index in [2.05, 4.69) is 27.3 Å². The van der Waals surface area contributed by atoms with E-state index in [9.17, 15) is 4.79 Å². The number of methoxy groups -OCH3 is 1. The Morgan fingerprint density at radius 2 is 1.83 bits per heavy atom. The Labute approximate surface area is 171 Å². The van der Waals surface area contributed by atoms with E-state index in [0.29, 0.717) is 12.1 Å². The minimum Gasteiger partial charge on any atom is -0.497 e. The van der Waals surface area contributed by atoms with Crippen molar-refractivity contribution in [2.45, 2.75) is 25.3 Å². The highest BCUT2D eigenvalue weighted by atomic mass is 16.5. The number of ether oxygens (including phenoxy) is 1. The molecule has 1 aliphatic rings. The SMILES string of the molecule is COc1ccc([C@@H](CNC(=O)c2cccc3cccnc23)N2CCCCC2)cc1. The number of pyridine rings is 1. The topological polar surface area (TPSA) is 54.5 Å². The number of carbonyl (C=O) groups excluding carboxylic acids is 1. The van der Waals surface area contributed by atoms with Gasteiger partial charge in [0.2, 0.25) is 0 Å². The first-order valence-electron chi connectivity index (χ1n) is 10.3. The van der Waals surface area contributed by atoms with Crippen LogP contribution >= 0.6 is 0 Å². The fourth-order valence-electron chi connectivity index (χ4n) is 4.09. The lowest BCUT2D eigenvalue weighted by molar-refractivity contribution is 0.0926. The van der Waals surface area contributed by atoms with E-state index < -0.39 is 0 Å². The summed E-state index contributed by atoms with van der Waals surface area (Å²) in [6.07, 6.45) is 5.41. The first kappa shape index (κ1) is 19.4. The smallest absolute Gasteiger partial charge is 0.253 e. The van der Waals surface area contributed by atoms with Gasteiger partial charge in [0, 0.05) is 18.1 Å². The number of para-hydroxylation sites is 1. The number of benzene rings is 2. The molecule has 5 heteroatoms. The molecular formula is C24H27N3O2. The zero-order chi connectivity index (χ0) is 20.1. The summed E-state index contributed by atoms with van der Waals surface area (Å²) in [5, 5.41) is 4.14. The number of hydrogen-bond donors (Lipinski definition) is 1. The maximum atomic E-state index is 13.0. The van der Waals surface area contributed by atoms with Gasteiger partial charge in [-0.25, -0.2) is 0 Å². The van der Waals surface area contributed by atoms with Crippen LogP contribution in [-0.4, -0.2) is 42.5 Å². The second-order valence-electron chi connectivity index (χ2n) is 7.48. The molecule has 0 spiro atoms. The van der Waals surface area contributed by atoms with Gasteiger partial charge in [0.15, 0.2) is 0 Å². The fraction of sp³-hybridized carbons (Fsp3) is 0.333. The normalized spacial score (nSPS) is 15.8. The molecule has 1 saturated heterocycles. The van der Waals surface area contributed by atoms with E-state index in [0.717, 1.165) is 29.7 Å². The summed E-state index contributed by atoms with van der Waals surface area (Å²) in [5.41, 5.74) is 2.56. The largest absolute Gasteiger partial charge is 0.497 e. The van der Waals surface area contributed by atoms with Crippen molar-refractivity contribution in [3.63, 3.8) is 0 Å². The highest BCUT2D eigenvalue weighted by Crippen LogP contribution is 2.26. The average molecular weight is 389 g/mol. The maximum Gasteiger partial charge on any atom is 0.253 e. The lowest BCUT2D eigenvalue weighted by atomic mass is 10.0. The van der Waals surface area contributed by atoms with Crippen LogP contribution in [0.25, 0.3) is 10.9 Å². The van der Waals surface area contributed by atoms with Crippen molar-refractivity contribution in [2.24, 2.45) is 0 Å². The number of carbonyl (C=O) groups is 1. The summed E-state index contributed by atoms with van der Waals surface area (Å²) >= 11 is 0. The molecule has 1 N–H and O–H groups in total. The standard InChI is InChI=1S/C24H27N3O2/c1-29-20-12-10-18(11-13-20)22(27-15-3-2-4-16-27)17-26-24(28)21-9-5-7-19-8-6-14-25-23(19)21/h5-14,22H,2-4,15-17H2,1H3,(H,26,28)/t22-/m1/s1. The summed E-state index contributed by atoms with van der Waals surface area (Å²) in [5.74, 6) is 0.766. The maximum absolute atomic E-state index is 13.0. The van der Waals surface area contributed by atoms with E-state index in [-0.39, 0.29) is 11.9 Å². The molecular weight excluding hydrogens is 362 g/mol. The fourth-order valence-corrected chi connectivity index (χ4v) is 4.09. The van der Waals surface area contributed by atoms with Crippen LogP contribution in [0, 0.1) is 0 Å². The summed E-state index contributed by atoms with van der Waals surface area (Å²) in [6, 6.07) is 17.9. The van der Waals surface area contributed by atoms with Crippen LogP contribution in [0.2, 0.25) is 0 Å². The monoisotopic (exact) mass is 389 g/mol. The summed E-state index contributed by atoms with van der Waals surface area (Å²) in [6.45, 7) is 2.68. The first-order chi connectivity index (χ1) is 14.3. The van der Waals surface area contributed by atoms with Crippen LogP contribution in [0.3, 0.4) is 0 Å². The minimum absolute atomic E-state index is 0.0789. The van der Waals surface area contributed by atoms with E-state index in [1.165, 1.54) is 24.8 Å². The van der Waals surface area contributed by atoms with Crippen molar-refractivity contribution >= 4 is 16.8 Å². The number of aromatic nitrogens is 1. The Balaban J connectivity index is 1.54. The van der Waals surface area contributed by atoms with Gasteiger partial charge in [0.05, 0.1) is 24.2 Å². The minimum atomic E-state index is -0.0789. The Morgan fingerprint density at radius 3 is 2.59 bits per heavy atom. The van der Waals surface area contributed by atoms with E-state index in [4.69, 9.17) is 4.74 Å². The number of nitrogens with zero attached hydrogens (tertiary/aromatic N) is 2. The van der Waals surface area contributed by atoms with Crippen LogP contribution in [0.5, 0.6) is 5.75 Å². The molecule has 1 aromatic heterocycles. The predicted octanol–water partition coefficient (Wildman–Crippen LogP) is 4.20. The number of amides is 1. The quantitative estimate of drug-likeness (QED) is 0.686. The van der Waals surface area contributed by atoms with E-state index >= 15 is 0 Å². The predicted molar refractivity (Wildman–Crippen MR) is 115 cm³/mol. The molecule has 2 heterocycles. The van der Waals surface area contributed by atoms with E-state index in [1.54, 1.807) is 13.3 Å². The summed E-state index contributed by atoms with van der Waals surface area (Å²) < 4.78 is 5.30. The first-order valence-corrected chi connectivity index (χ1v) is 10.3. The molecule has 29 heavy (non-hydrogen) atoms. The van der Waals surface area contributed by atoms with Gasteiger partial charge in [0.1, 0.15) is 5.75 Å². The second kappa shape index (κ2) is 9.05. The Bertz CT molecular complexity index is 960. The van der Waals surface area contributed by atoms with Gasteiger partial charge in [-0.2, -0.15) is 0 Å². The molecule has 2 aromatic carbocycles. The third-order valence-electron chi connectivity index (χ3n) is 5.67. The molecule has 0 radical (unpaired) electrons. The van der Waals surface area contributed by atoms with E-state index in [1.807, 2.05) is 42.5 Å². The molecule has 0 bridgehead atoms. The van der Waals surface area contributed by atoms with Crippen LogP contribution in [0.15, 0.2) is 60.8 Å². The molecule has 1 aliphatic heterocycles. The molecule has 150 valence electrons. The van der Waals surface area contributed by atoms with Crippen LogP contribution in [0.4, 0.5) is 0 Å². The van der Waals surface area contributed by atoms with Gasteiger partial charge in [-0.3, -0.25) is 14.7 Å². The van der Waals surface area contributed by atoms with Gasteiger partial charge in [0.25, 0.3) is 5.91 Å². The molecule has 3 aromatic rings. The Hall–Kier alpha value is -2.92. The molecule has 1 atom stereocenters.